The van der Waals surface area contributed by atoms with Gasteiger partial charge in [0.05, 0.1) is 34.7 Å². The molecule has 3 rings (SSSR count). The van der Waals surface area contributed by atoms with Gasteiger partial charge >= 0.3 is 0 Å². The van der Waals surface area contributed by atoms with Gasteiger partial charge in [0.15, 0.2) is 0 Å². The van der Waals surface area contributed by atoms with Crippen LogP contribution in [-0.2, 0) is 21.3 Å². The largest absolute Gasteiger partial charge is 0.379 e. The second-order valence-electron chi connectivity index (χ2n) is 6.97. The Kier molecular flexibility index (Phi) is 7.59. The van der Waals surface area contributed by atoms with Gasteiger partial charge in [0.1, 0.15) is 5.02 Å². The van der Waals surface area contributed by atoms with Gasteiger partial charge in [0.2, 0.25) is 10.0 Å². The average Bonchev–Trinajstić information content (AvgIpc) is 2.77. The third-order valence-electron chi connectivity index (χ3n) is 4.96. The quantitative estimate of drug-likeness (QED) is 0.435. The molecule has 0 atom stereocenters. The number of nitro benzene ring substituents is 1. The number of benzene rings is 2. The Morgan fingerprint density at radius 2 is 1.87 bits per heavy atom. The molecule has 1 heterocycles. The van der Waals surface area contributed by atoms with E-state index in [2.05, 4.69) is 4.90 Å². The number of morpholine rings is 1. The van der Waals surface area contributed by atoms with Crippen molar-refractivity contribution in [2.75, 3.05) is 39.4 Å². The van der Waals surface area contributed by atoms with E-state index in [1.165, 1.54) is 16.4 Å². The Bertz CT molecular complexity index is 1080. The van der Waals surface area contributed by atoms with Gasteiger partial charge in [0.25, 0.3) is 5.69 Å². The van der Waals surface area contributed by atoms with E-state index in [1.54, 1.807) is 24.3 Å². The summed E-state index contributed by atoms with van der Waals surface area (Å²) in [6.07, 6.45) is 0. The van der Waals surface area contributed by atoms with Crippen LogP contribution in [0.1, 0.15) is 11.1 Å². The summed E-state index contributed by atoms with van der Waals surface area (Å²) in [6, 6.07) is 12.1. The molecule has 9 nitrogen and oxygen atoms in total. The SMILES string of the molecule is N#Cc1ccc(CN(CCN2CCOCC2)S(=O)(=O)c2ccc(Cl)c([N+](=O)[O-])c2)cc1. The van der Waals surface area contributed by atoms with Crippen LogP contribution in [-0.4, -0.2) is 61.9 Å². The van der Waals surface area contributed by atoms with Gasteiger partial charge in [0, 0.05) is 38.8 Å². The molecule has 0 radical (unpaired) electrons. The molecule has 0 spiro atoms. The molecule has 0 aliphatic carbocycles. The molecular weight excluding hydrogens is 444 g/mol. The second kappa shape index (κ2) is 10.2. The Labute approximate surface area is 185 Å². The highest BCUT2D eigenvalue weighted by Gasteiger charge is 2.28. The highest BCUT2D eigenvalue weighted by Crippen LogP contribution is 2.29. The van der Waals surface area contributed by atoms with Gasteiger partial charge in [-0.15, -0.1) is 0 Å². The maximum atomic E-state index is 13.4. The van der Waals surface area contributed by atoms with E-state index in [4.69, 9.17) is 21.6 Å². The second-order valence-corrected chi connectivity index (χ2v) is 9.32. The van der Waals surface area contributed by atoms with Gasteiger partial charge in [-0.25, -0.2) is 8.42 Å². The highest BCUT2D eigenvalue weighted by molar-refractivity contribution is 7.89. The predicted octanol–water partition coefficient (Wildman–Crippen LogP) is 2.64. The molecule has 0 saturated carbocycles. The van der Waals surface area contributed by atoms with Crippen LogP contribution in [0.25, 0.3) is 0 Å². The Balaban J connectivity index is 1.89. The van der Waals surface area contributed by atoms with Gasteiger partial charge < -0.3 is 4.74 Å². The van der Waals surface area contributed by atoms with Crippen molar-refractivity contribution < 1.29 is 18.1 Å². The van der Waals surface area contributed by atoms with Crippen LogP contribution in [0.5, 0.6) is 0 Å². The zero-order valence-corrected chi connectivity index (χ0v) is 18.2. The summed E-state index contributed by atoms with van der Waals surface area (Å²) in [5, 5.41) is 20.1. The van der Waals surface area contributed by atoms with Crippen molar-refractivity contribution in [2.45, 2.75) is 11.4 Å². The van der Waals surface area contributed by atoms with E-state index in [9.17, 15) is 18.5 Å². The summed E-state index contributed by atoms with van der Waals surface area (Å²) in [7, 11) is -4.04. The highest BCUT2D eigenvalue weighted by atomic mass is 35.5. The summed E-state index contributed by atoms with van der Waals surface area (Å²) in [5.74, 6) is 0. The van der Waals surface area contributed by atoms with Gasteiger partial charge in [-0.2, -0.15) is 9.57 Å². The van der Waals surface area contributed by atoms with Crippen molar-refractivity contribution in [1.82, 2.24) is 9.21 Å². The number of ether oxygens (including phenoxy) is 1. The summed E-state index contributed by atoms with van der Waals surface area (Å²) >= 11 is 5.85. The number of hydrogen-bond donors (Lipinski definition) is 0. The monoisotopic (exact) mass is 464 g/mol. The fourth-order valence-corrected chi connectivity index (χ4v) is 4.82. The molecule has 31 heavy (non-hydrogen) atoms. The molecule has 1 aliphatic rings. The van der Waals surface area contributed by atoms with Crippen molar-refractivity contribution in [3.8, 4) is 6.07 Å². The number of hydrogen-bond acceptors (Lipinski definition) is 7. The first kappa shape index (κ1) is 23.1. The standard InChI is InChI=1S/C20H21ClN4O5S/c21-19-6-5-18(13-20(19)25(26)27)31(28,29)24(8-7-23-9-11-30-12-10-23)15-17-3-1-16(14-22)2-4-17/h1-6,13H,7-12,15H2. The minimum absolute atomic E-state index is 0.0643. The lowest BCUT2D eigenvalue weighted by Gasteiger charge is -2.29. The maximum absolute atomic E-state index is 13.4. The minimum Gasteiger partial charge on any atom is -0.379 e. The zero-order chi connectivity index (χ0) is 22.4. The third kappa shape index (κ3) is 5.78. The van der Waals surface area contributed by atoms with E-state index < -0.39 is 20.6 Å². The van der Waals surface area contributed by atoms with Gasteiger partial charge in [-0.05, 0) is 29.8 Å². The van der Waals surface area contributed by atoms with E-state index in [-0.39, 0.29) is 23.0 Å². The van der Waals surface area contributed by atoms with Gasteiger partial charge in [-0.3, -0.25) is 15.0 Å². The molecule has 0 N–H and O–H groups in total. The van der Waals surface area contributed by atoms with Crippen LogP contribution in [0.3, 0.4) is 0 Å². The lowest BCUT2D eigenvalue weighted by molar-refractivity contribution is -0.384. The number of sulfonamides is 1. The van der Waals surface area contributed by atoms with Crippen molar-refractivity contribution in [3.63, 3.8) is 0 Å². The predicted molar refractivity (Wildman–Crippen MR) is 114 cm³/mol. The van der Waals surface area contributed by atoms with E-state index >= 15 is 0 Å². The summed E-state index contributed by atoms with van der Waals surface area (Å²) in [6.45, 7) is 3.34. The maximum Gasteiger partial charge on any atom is 0.289 e. The van der Waals surface area contributed by atoms with Crippen LogP contribution in [0, 0.1) is 21.4 Å². The molecule has 164 valence electrons. The normalized spacial score (nSPS) is 15.0. The number of halogens is 1. The lowest BCUT2D eigenvalue weighted by Crippen LogP contribution is -2.42. The zero-order valence-electron chi connectivity index (χ0n) is 16.6. The molecule has 0 amide bonds. The molecule has 1 saturated heterocycles. The first-order chi connectivity index (χ1) is 14.8. The molecule has 1 aliphatic heterocycles. The summed E-state index contributed by atoms with van der Waals surface area (Å²) in [4.78, 5) is 12.4. The molecule has 1 fully saturated rings. The lowest BCUT2D eigenvalue weighted by atomic mass is 10.1. The topological polar surface area (TPSA) is 117 Å². The fourth-order valence-electron chi connectivity index (χ4n) is 3.19. The minimum atomic E-state index is -4.04. The van der Waals surface area contributed by atoms with Crippen LogP contribution >= 0.6 is 11.6 Å². The third-order valence-corrected chi connectivity index (χ3v) is 7.12. The van der Waals surface area contributed by atoms with Crippen LogP contribution in [0.2, 0.25) is 5.02 Å². The number of rotatable bonds is 8. The van der Waals surface area contributed by atoms with Crippen molar-refractivity contribution in [1.29, 1.82) is 5.26 Å². The molecule has 2 aromatic rings. The number of nitriles is 1. The Morgan fingerprint density at radius 3 is 2.48 bits per heavy atom. The van der Waals surface area contributed by atoms with Crippen LogP contribution < -0.4 is 0 Å². The Morgan fingerprint density at radius 1 is 1.19 bits per heavy atom. The van der Waals surface area contributed by atoms with Crippen LogP contribution in [0.15, 0.2) is 47.4 Å². The fraction of sp³-hybridized carbons (Fsp3) is 0.350. The molecule has 0 bridgehead atoms. The average molecular weight is 465 g/mol. The first-order valence-electron chi connectivity index (χ1n) is 9.54. The number of nitro groups is 1. The van der Waals surface area contributed by atoms with Crippen molar-refractivity contribution in [2.24, 2.45) is 0 Å². The van der Waals surface area contributed by atoms with E-state index in [1.807, 2.05) is 6.07 Å². The summed E-state index contributed by atoms with van der Waals surface area (Å²) in [5.41, 5.74) is 0.710. The molecule has 2 aromatic carbocycles. The summed E-state index contributed by atoms with van der Waals surface area (Å²) < 4.78 is 33.4. The van der Waals surface area contributed by atoms with Gasteiger partial charge in [-0.1, -0.05) is 23.7 Å². The van der Waals surface area contributed by atoms with Crippen molar-refractivity contribution in [3.05, 3.63) is 68.7 Å². The van der Waals surface area contributed by atoms with Crippen molar-refractivity contribution >= 4 is 27.3 Å². The molecular formula is C20H21ClN4O5S. The van der Waals surface area contributed by atoms with Crippen LogP contribution in [0.4, 0.5) is 5.69 Å². The number of nitrogens with zero attached hydrogens (tertiary/aromatic N) is 4. The smallest absolute Gasteiger partial charge is 0.289 e. The molecule has 0 aromatic heterocycles. The van der Waals surface area contributed by atoms with E-state index in [0.29, 0.717) is 44.0 Å². The first-order valence-corrected chi connectivity index (χ1v) is 11.4. The van der Waals surface area contributed by atoms with E-state index in [0.717, 1.165) is 6.07 Å². The Hall–Kier alpha value is -2.55. The molecule has 11 heteroatoms. The molecule has 0 unspecified atom stereocenters.